The number of sulfone groups is 1. The van der Waals surface area contributed by atoms with E-state index in [1.807, 2.05) is 23.1 Å². The first-order valence-corrected chi connectivity index (χ1v) is 14.2. The quantitative estimate of drug-likeness (QED) is 0.461. The van der Waals surface area contributed by atoms with Crippen LogP contribution in [-0.4, -0.2) is 90.5 Å². The standard InChI is InChI=1S/C22H30B3ClN4O4S/c1-14(35(2,32)33)19-27-12-16(13-28-19)34-10-9-29-7-5-21(6-8-29)17-11-15(26)3-4-18(17)30(20(21)31)22(23,24)25/h3-4,11-14H,5-10,23-25H2,1-2H3. The minimum Gasteiger partial charge on any atom is -0.489 e. The van der Waals surface area contributed by atoms with Gasteiger partial charge < -0.3 is 9.64 Å². The van der Waals surface area contributed by atoms with Gasteiger partial charge in [0.1, 0.15) is 41.2 Å². The molecule has 1 aromatic carbocycles. The number of aromatic nitrogens is 2. The Hall–Kier alpha value is -2.04. The Balaban J connectivity index is 1.37. The number of rotatable bonds is 7. The molecule has 35 heavy (non-hydrogen) atoms. The second-order valence-corrected chi connectivity index (χ2v) is 13.3. The molecule has 184 valence electrons. The van der Waals surface area contributed by atoms with Crippen molar-refractivity contribution in [1.29, 1.82) is 0 Å². The summed E-state index contributed by atoms with van der Waals surface area (Å²) in [6, 6.07) is 5.80. The lowest BCUT2D eigenvalue weighted by Gasteiger charge is -2.40. The number of anilines is 1. The minimum atomic E-state index is -3.25. The summed E-state index contributed by atoms with van der Waals surface area (Å²) in [5, 5.41) is -0.420. The fraction of sp³-hybridized carbons (Fsp3) is 0.500. The summed E-state index contributed by atoms with van der Waals surface area (Å²) < 4.78 is 29.2. The Morgan fingerprint density at radius 3 is 2.40 bits per heavy atom. The van der Waals surface area contributed by atoms with Gasteiger partial charge in [-0.05, 0) is 61.9 Å². The molecule has 0 radical (unpaired) electrons. The highest BCUT2D eigenvalue weighted by Crippen LogP contribution is 2.50. The summed E-state index contributed by atoms with van der Waals surface area (Å²) in [6.07, 6.45) is 5.64. The molecule has 1 fully saturated rings. The lowest BCUT2D eigenvalue weighted by Crippen LogP contribution is -2.57. The molecule has 1 spiro atoms. The van der Waals surface area contributed by atoms with Crippen molar-refractivity contribution < 1.29 is 17.9 Å². The fourth-order valence-electron chi connectivity index (χ4n) is 4.93. The maximum Gasteiger partial charge on any atom is 0.236 e. The molecule has 13 heteroatoms. The molecule has 3 heterocycles. The molecule has 0 saturated carbocycles. The van der Waals surface area contributed by atoms with Crippen LogP contribution in [0.1, 0.15) is 36.4 Å². The van der Waals surface area contributed by atoms with Crippen molar-refractivity contribution >= 4 is 56.6 Å². The third-order valence-corrected chi connectivity index (χ3v) is 8.77. The van der Waals surface area contributed by atoms with Crippen LogP contribution >= 0.6 is 11.6 Å². The maximum absolute atomic E-state index is 13.7. The first-order chi connectivity index (χ1) is 16.3. The normalized spacial score (nSPS) is 19.1. The highest BCUT2D eigenvalue weighted by atomic mass is 35.5. The van der Waals surface area contributed by atoms with Gasteiger partial charge in [0.2, 0.25) is 5.91 Å². The van der Waals surface area contributed by atoms with Gasteiger partial charge in [-0.3, -0.25) is 9.69 Å². The van der Waals surface area contributed by atoms with E-state index in [1.165, 1.54) is 18.6 Å². The predicted octanol–water partition coefficient (Wildman–Crippen LogP) is -0.495. The number of amides is 1. The van der Waals surface area contributed by atoms with E-state index in [9.17, 15) is 13.2 Å². The molecule has 0 N–H and O–H groups in total. The van der Waals surface area contributed by atoms with E-state index < -0.39 is 20.5 Å². The topological polar surface area (TPSA) is 92.7 Å². The zero-order chi connectivity index (χ0) is 25.6. The Kier molecular flexibility index (Phi) is 7.03. The number of carbonyl (C=O) groups excluding carboxylic acids is 1. The van der Waals surface area contributed by atoms with E-state index in [-0.39, 0.29) is 17.0 Å². The molecular weight excluding hydrogens is 484 g/mol. The average Bonchev–Trinajstić information content (AvgIpc) is 3.02. The number of benzene rings is 1. The van der Waals surface area contributed by atoms with Crippen LogP contribution in [-0.2, 0) is 20.0 Å². The molecule has 2 aromatic rings. The van der Waals surface area contributed by atoms with Gasteiger partial charge >= 0.3 is 0 Å². The second-order valence-electron chi connectivity index (χ2n) is 10.5. The zero-order valence-electron chi connectivity index (χ0n) is 20.9. The van der Waals surface area contributed by atoms with E-state index >= 15 is 0 Å². The minimum absolute atomic E-state index is 0.165. The van der Waals surface area contributed by atoms with Gasteiger partial charge in [-0.25, -0.2) is 18.4 Å². The van der Waals surface area contributed by atoms with Crippen LogP contribution in [0.25, 0.3) is 0 Å². The summed E-state index contributed by atoms with van der Waals surface area (Å²) in [4.78, 5) is 26.2. The Morgan fingerprint density at radius 2 is 1.83 bits per heavy atom. The number of carbonyl (C=O) groups is 1. The van der Waals surface area contributed by atoms with Crippen molar-refractivity contribution in [2.45, 2.75) is 35.7 Å². The van der Waals surface area contributed by atoms with Gasteiger partial charge in [0, 0.05) is 23.5 Å². The Labute approximate surface area is 214 Å². The monoisotopic (exact) mass is 514 g/mol. The third kappa shape index (κ3) is 5.11. The van der Waals surface area contributed by atoms with E-state index in [2.05, 4.69) is 38.4 Å². The van der Waals surface area contributed by atoms with Gasteiger partial charge in [-0.2, -0.15) is 0 Å². The number of likely N-dealkylation sites (tertiary alicyclic amines) is 1. The second kappa shape index (κ2) is 9.44. The van der Waals surface area contributed by atoms with Crippen molar-refractivity contribution in [3.8, 4) is 5.75 Å². The molecule has 1 atom stereocenters. The summed E-state index contributed by atoms with van der Waals surface area (Å²) >= 11 is 6.34. The molecular formula is C22H30B3ClN4O4S. The molecule has 1 unspecified atom stereocenters. The van der Waals surface area contributed by atoms with Gasteiger partial charge in [0.25, 0.3) is 0 Å². The predicted molar refractivity (Wildman–Crippen MR) is 145 cm³/mol. The van der Waals surface area contributed by atoms with Crippen LogP contribution < -0.4 is 9.64 Å². The van der Waals surface area contributed by atoms with E-state index in [0.29, 0.717) is 23.9 Å². The van der Waals surface area contributed by atoms with Gasteiger partial charge in [0.15, 0.2) is 15.6 Å². The number of hydrogen-bond donors (Lipinski definition) is 0. The molecule has 4 rings (SSSR count). The number of nitrogens with zero attached hydrogens (tertiary/aromatic N) is 4. The molecule has 8 nitrogen and oxygen atoms in total. The van der Waals surface area contributed by atoms with Gasteiger partial charge in [-0.15, -0.1) is 0 Å². The molecule has 1 aromatic heterocycles. The molecule has 0 bridgehead atoms. The van der Waals surface area contributed by atoms with E-state index in [0.717, 1.165) is 37.2 Å². The lowest BCUT2D eigenvalue weighted by atomic mass is 9.48. The largest absolute Gasteiger partial charge is 0.489 e. The zero-order valence-corrected chi connectivity index (χ0v) is 22.5. The number of fused-ring (bicyclic) bond motifs is 2. The maximum atomic E-state index is 13.7. The third-order valence-electron chi connectivity index (χ3n) is 7.04. The van der Waals surface area contributed by atoms with Crippen LogP contribution in [0.4, 0.5) is 5.69 Å². The first kappa shape index (κ1) is 26.0. The smallest absolute Gasteiger partial charge is 0.236 e. The molecule has 1 saturated heterocycles. The summed E-state index contributed by atoms with van der Waals surface area (Å²) in [5.41, 5.74) is 1.48. The average molecular weight is 514 g/mol. The van der Waals surface area contributed by atoms with Crippen molar-refractivity contribution in [3.63, 3.8) is 0 Å². The Morgan fingerprint density at radius 1 is 1.20 bits per heavy atom. The summed E-state index contributed by atoms with van der Waals surface area (Å²) in [5.74, 6) is 0.920. The molecule has 1 amide bonds. The number of hydrogen-bond acceptors (Lipinski definition) is 7. The highest BCUT2D eigenvalue weighted by Gasteiger charge is 2.54. The van der Waals surface area contributed by atoms with Crippen molar-refractivity contribution in [2.75, 3.05) is 37.4 Å². The summed E-state index contributed by atoms with van der Waals surface area (Å²) in [6.45, 7) is 4.27. The van der Waals surface area contributed by atoms with Crippen molar-refractivity contribution in [1.82, 2.24) is 14.9 Å². The lowest BCUT2D eigenvalue weighted by molar-refractivity contribution is -0.125. The van der Waals surface area contributed by atoms with Crippen LogP contribution in [0.15, 0.2) is 30.6 Å². The van der Waals surface area contributed by atoms with E-state index in [1.54, 1.807) is 6.92 Å². The van der Waals surface area contributed by atoms with Crippen LogP contribution in [0.3, 0.4) is 0 Å². The first-order valence-electron chi connectivity index (χ1n) is 11.8. The van der Waals surface area contributed by atoms with Gasteiger partial charge in [0.05, 0.1) is 17.8 Å². The number of halogens is 1. The Bertz CT molecular complexity index is 1220. The van der Waals surface area contributed by atoms with Crippen molar-refractivity contribution in [3.05, 3.63) is 47.0 Å². The van der Waals surface area contributed by atoms with E-state index in [4.69, 9.17) is 16.3 Å². The SMILES string of the molecule is BC(B)(B)N1C(=O)C2(CCN(CCOc3cnc(C(C)S(C)(=O)=O)nc3)CC2)c2cc(Cl)ccc21. The van der Waals surface area contributed by atoms with Crippen LogP contribution in [0.5, 0.6) is 5.75 Å². The molecule has 0 aliphatic carbocycles. The van der Waals surface area contributed by atoms with Crippen LogP contribution in [0, 0.1) is 0 Å². The molecule has 2 aliphatic rings. The highest BCUT2D eigenvalue weighted by molar-refractivity contribution is 7.90. The number of ether oxygens (including phenoxy) is 1. The molecule has 2 aliphatic heterocycles. The fourth-order valence-corrected chi connectivity index (χ4v) is 5.60. The number of piperidine rings is 1. The summed E-state index contributed by atoms with van der Waals surface area (Å²) in [7, 11) is 2.93. The van der Waals surface area contributed by atoms with Gasteiger partial charge in [-0.1, -0.05) is 11.6 Å². The van der Waals surface area contributed by atoms with Crippen LogP contribution in [0.2, 0.25) is 5.02 Å². The van der Waals surface area contributed by atoms with Crippen molar-refractivity contribution in [2.24, 2.45) is 0 Å².